The van der Waals surface area contributed by atoms with E-state index < -0.39 is 34.2 Å². The molecule has 0 aromatic heterocycles. The molecule has 0 aliphatic rings. The summed E-state index contributed by atoms with van der Waals surface area (Å²) in [5.41, 5.74) is -1.29. The monoisotopic (exact) mass is 420 g/mol. The Balaban J connectivity index is 2.58. The number of sulfonamides is 1. The molecule has 0 spiro atoms. The predicted octanol–water partition coefficient (Wildman–Crippen LogP) is 3.64. The van der Waals surface area contributed by atoms with E-state index in [1.807, 2.05) is 0 Å². The summed E-state index contributed by atoms with van der Waals surface area (Å²) >= 11 is 5.76. The molecule has 5 nitrogen and oxygen atoms in total. The van der Waals surface area contributed by atoms with Gasteiger partial charge < -0.3 is 4.90 Å². The fourth-order valence-electron chi connectivity index (χ4n) is 2.15. The van der Waals surface area contributed by atoms with E-state index in [0.29, 0.717) is 15.4 Å². The van der Waals surface area contributed by atoms with E-state index in [2.05, 4.69) is 0 Å². The van der Waals surface area contributed by atoms with Crippen molar-refractivity contribution < 1.29 is 26.4 Å². The molecule has 2 aromatic carbocycles. The maximum absolute atomic E-state index is 13.0. The number of likely N-dealkylation sites (N-methyl/N-ethyl adjacent to an activating group) is 1. The first-order valence-electron chi connectivity index (χ1n) is 7.58. The SMILES string of the molecule is CN(C)C(=O)CN(c1cccc(C(F)(F)F)c1)S(=O)(=O)c1ccc(Cl)cc1. The van der Waals surface area contributed by atoms with Crippen molar-refractivity contribution in [1.82, 2.24) is 4.90 Å². The number of hydrogen-bond donors (Lipinski definition) is 0. The quantitative estimate of drug-likeness (QED) is 0.742. The molecule has 0 saturated heterocycles. The van der Waals surface area contributed by atoms with Gasteiger partial charge >= 0.3 is 6.18 Å². The van der Waals surface area contributed by atoms with Gasteiger partial charge in [-0.15, -0.1) is 0 Å². The van der Waals surface area contributed by atoms with Gasteiger partial charge in [0.05, 0.1) is 16.1 Å². The summed E-state index contributed by atoms with van der Waals surface area (Å²) in [7, 11) is -1.47. The van der Waals surface area contributed by atoms with Crippen LogP contribution in [0.2, 0.25) is 5.02 Å². The number of amides is 1. The van der Waals surface area contributed by atoms with E-state index in [4.69, 9.17) is 11.6 Å². The summed E-state index contributed by atoms with van der Waals surface area (Å²) < 4.78 is 65.7. The number of rotatable bonds is 5. The average molecular weight is 421 g/mol. The third-order valence-corrected chi connectivity index (χ3v) is 5.68. The highest BCUT2D eigenvalue weighted by Gasteiger charge is 2.33. The minimum absolute atomic E-state index is 0.198. The Hall–Kier alpha value is -2.26. The van der Waals surface area contributed by atoms with Crippen molar-refractivity contribution in [1.29, 1.82) is 0 Å². The number of alkyl halides is 3. The molecule has 0 heterocycles. The second-order valence-electron chi connectivity index (χ2n) is 5.80. The Bertz CT molecular complexity index is 929. The van der Waals surface area contributed by atoms with Crippen LogP contribution in [0, 0.1) is 0 Å². The molecule has 0 radical (unpaired) electrons. The molecule has 0 atom stereocenters. The second kappa shape index (κ2) is 7.77. The first-order valence-corrected chi connectivity index (χ1v) is 9.40. The fourth-order valence-corrected chi connectivity index (χ4v) is 3.68. The van der Waals surface area contributed by atoms with Crippen LogP contribution in [0.5, 0.6) is 0 Å². The van der Waals surface area contributed by atoms with Crippen molar-refractivity contribution in [2.45, 2.75) is 11.1 Å². The largest absolute Gasteiger partial charge is 0.416 e. The van der Waals surface area contributed by atoms with Crippen LogP contribution in [-0.4, -0.2) is 39.9 Å². The fraction of sp³-hybridized carbons (Fsp3) is 0.235. The maximum Gasteiger partial charge on any atom is 0.416 e. The molecular weight excluding hydrogens is 405 g/mol. The molecule has 0 N–H and O–H groups in total. The van der Waals surface area contributed by atoms with Gasteiger partial charge in [0.1, 0.15) is 6.54 Å². The summed E-state index contributed by atoms with van der Waals surface area (Å²) in [4.78, 5) is 13.1. The van der Waals surface area contributed by atoms with Gasteiger partial charge in [-0.05, 0) is 42.5 Å². The smallest absolute Gasteiger partial charge is 0.347 e. The average Bonchev–Trinajstić information content (AvgIpc) is 2.59. The third kappa shape index (κ3) is 4.92. The van der Waals surface area contributed by atoms with Crippen LogP contribution >= 0.6 is 11.6 Å². The van der Waals surface area contributed by atoms with Crippen LogP contribution in [-0.2, 0) is 21.0 Å². The molecule has 1 amide bonds. The molecule has 27 heavy (non-hydrogen) atoms. The Labute approximate surface area is 160 Å². The van der Waals surface area contributed by atoms with Gasteiger partial charge in [-0.1, -0.05) is 17.7 Å². The van der Waals surface area contributed by atoms with E-state index in [9.17, 15) is 26.4 Å². The van der Waals surface area contributed by atoms with E-state index >= 15 is 0 Å². The molecule has 0 bridgehead atoms. The number of carbonyl (C=O) groups excluding carboxylic acids is 1. The lowest BCUT2D eigenvalue weighted by atomic mass is 10.2. The van der Waals surface area contributed by atoms with Gasteiger partial charge in [-0.2, -0.15) is 13.2 Å². The topological polar surface area (TPSA) is 57.7 Å². The number of carbonyl (C=O) groups is 1. The Morgan fingerprint density at radius 2 is 1.67 bits per heavy atom. The van der Waals surface area contributed by atoms with Crippen LogP contribution in [0.15, 0.2) is 53.4 Å². The van der Waals surface area contributed by atoms with Crippen LogP contribution in [0.4, 0.5) is 18.9 Å². The Morgan fingerprint density at radius 1 is 1.07 bits per heavy atom. The van der Waals surface area contributed by atoms with Crippen molar-refractivity contribution in [3.05, 3.63) is 59.1 Å². The molecule has 0 aliphatic carbocycles. The minimum Gasteiger partial charge on any atom is -0.347 e. The molecule has 146 valence electrons. The molecule has 0 aliphatic heterocycles. The molecular formula is C17H16ClF3N2O3S. The first kappa shape index (κ1) is 21.0. The molecule has 2 rings (SSSR count). The lowest BCUT2D eigenvalue weighted by Gasteiger charge is -2.26. The number of anilines is 1. The lowest BCUT2D eigenvalue weighted by molar-refractivity contribution is -0.137. The highest BCUT2D eigenvalue weighted by molar-refractivity contribution is 7.92. The van der Waals surface area contributed by atoms with Crippen molar-refractivity contribution in [2.75, 3.05) is 24.9 Å². The Kier molecular flexibility index (Phi) is 6.06. The van der Waals surface area contributed by atoms with Crippen molar-refractivity contribution in [3.8, 4) is 0 Å². The van der Waals surface area contributed by atoms with Crippen LogP contribution in [0.1, 0.15) is 5.56 Å². The van der Waals surface area contributed by atoms with Gasteiger partial charge in [0, 0.05) is 19.1 Å². The van der Waals surface area contributed by atoms with E-state index in [1.54, 1.807) is 0 Å². The van der Waals surface area contributed by atoms with Crippen molar-refractivity contribution in [3.63, 3.8) is 0 Å². The summed E-state index contributed by atoms with van der Waals surface area (Å²) in [6.07, 6.45) is -4.66. The molecule has 10 heteroatoms. The van der Waals surface area contributed by atoms with Gasteiger partial charge in [0.25, 0.3) is 10.0 Å². The van der Waals surface area contributed by atoms with Crippen molar-refractivity contribution in [2.24, 2.45) is 0 Å². The number of halogens is 4. The number of benzene rings is 2. The van der Waals surface area contributed by atoms with E-state index in [-0.39, 0.29) is 10.6 Å². The number of hydrogen-bond acceptors (Lipinski definition) is 3. The highest BCUT2D eigenvalue weighted by atomic mass is 35.5. The lowest BCUT2D eigenvalue weighted by Crippen LogP contribution is -2.40. The minimum atomic E-state index is -4.66. The molecule has 0 unspecified atom stereocenters. The Morgan fingerprint density at radius 3 is 2.19 bits per heavy atom. The van der Waals surface area contributed by atoms with E-state index in [0.717, 1.165) is 17.0 Å². The summed E-state index contributed by atoms with van der Waals surface area (Å²) in [6.45, 7) is -0.654. The second-order valence-corrected chi connectivity index (χ2v) is 8.10. The molecule has 0 fully saturated rings. The first-order chi connectivity index (χ1) is 12.4. The predicted molar refractivity (Wildman–Crippen MR) is 96.1 cm³/mol. The third-order valence-electron chi connectivity index (χ3n) is 3.64. The summed E-state index contributed by atoms with van der Waals surface area (Å²) in [5, 5.41) is 0.295. The van der Waals surface area contributed by atoms with Crippen LogP contribution in [0.3, 0.4) is 0 Å². The van der Waals surface area contributed by atoms with Crippen molar-refractivity contribution >= 4 is 33.2 Å². The zero-order valence-electron chi connectivity index (χ0n) is 14.4. The van der Waals surface area contributed by atoms with Gasteiger partial charge in [-0.3, -0.25) is 9.10 Å². The highest BCUT2D eigenvalue weighted by Crippen LogP contribution is 2.33. The summed E-state index contributed by atoms with van der Waals surface area (Å²) in [5.74, 6) is -0.593. The van der Waals surface area contributed by atoms with Gasteiger partial charge in [0.2, 0.25) is 5.91 Å². The molecule has 0 saturated carbocycles. The van der Waals surface area contributed by atoms with Crippen LogP contribution < -0.4 is 4.31 Å². The van der Waals surface area contributed by atoms with Gasteiger partial charge in [-0.25, -0.2) is 8.42 Å². The number of nitrogens with zero attached hydrogens (tertiary/aromatic N) is 2. The van der Waals surface area contributed by atoms with Gasteiger partial charge in [0.15, 0.2) is 0 Å². The van der Waals surface area contributed by atoms with E-state index in [1.165, 1.54) is 44.4 Å². The standard InChI is InChI=1S/C17H16ClF3N2O3S/c1-22(2)16(24)11-23(14-5-3-4-12(10-14)17(19,20)21)27(25,26)15-8-6-13(18)7-9-15/h3-10H,11H2,1-2H3. The van der Waals surface area contributed by atoms with Crippen LogP contribution in [0.25, 0.3) is 0 Å². The molecule has 2 aromatic rings. The summed E-state index contributed by atoms with van der Waals surface area (Å²) in [6, 6.07) is 8.92. The zero-order valence-corrected chi connectivity index (χ0v) is 15.9. The normalized spacial score (nSPS) is 11.9. The zero-order chi connectivity index (χ0) is 20.4. The maximum atomic E-state index is 13.0.